The molecule has 0 unspecified atom stereocenters. The number of rotatable bonds is 3. The molecule has 0 aliphatic carbocycles. The molecule has 4 nitrogen and oxygen atoms in total. The minimum absolute atomic E-state index is 0.835. The Morgan fingerprint density at radius 1 is 1.29 bits per heavy atom. The van der Waals surface area contributed by atoms with Gasteiger partial charge in [-0.3, -0.25) is 4.98 Å². The van der Waals surface area contributed by atoms with Gasteiger partial charge in [0, 0.05) is 38.1 Å². The number of hydrogen-bond donors (Lipinski definition) is 1. The van der Waals surface area contributed by atoms with Gasteiger partial charge in [-0.25, -0.2) is 0 Å². The number of nitrogens with one attached hydrogen (secondary N) is 1. The lowest BCUT2D eigenvalue weighted by atomic mass is 10.2. The van der Waals surface area contributed by atoms with Crippen LogP contribution >= 0.6 is 0 Å². The molecule has 0 atom stereocenters. The molecule has 1 fully saturated rings. The van der Waals surface area contributed by atoms with Crippen LogP contribution in [0.3, 0.4) is 0 Å². The van der Waals surface area contributed by atoms with E-state index >= 15 is 0 Å². The van der Waals surface area contributed by atoms with Crippen molar-refractivity contribution in [3.63, 3.8) is 0 Å². The maximum atomic E-state index is 4.36. The molecule has 1 aromatic rings. The molecule has 1 aromatic heterocycles. The third-order valence-corrected chi connectivity index (χ3v) is 3.24. The quantitative estimate of drug-likeness (QED) is 0.843. The molecule has 0 radical (unpaired) electrons. The van der Waals surface area contributed by atoms with Crippen molar-refractivity contribution in [3.8, 4) is 0 Å². The Morgan fingerprint density at radius 3 is 3.00 bits per heavy atom. The number of aromatic nitrogens is 1. The van der Waals surface area contributed by atoms with Crippen molar-refractivity contribution in [1.29, 1.82) is 0 Å². The van der Waals surface area contributed by atoms with Crippen LogP contribution in [0.1, 0.15) is 12.1 Å². The Balaban J connectivity index is 2.07. The Morgan fingerprint density at radius 2 is 2.18 bits per heavy atom. The summed E-state index contributed by atoms with van der Waals surface area (Å²) in [6, 6.07) is 4.31. The molecule has 1 aliphatic rings. The summed E-state index contributed by atoms with van der Waals surface area (Å²) in [6.45, 7) is 5.43. The summed E-state index contributed by atoms with van der Waals surface area (Å²) in [7, 11) is 4.15. The molecule has 0 aromatic carbocycles. The van der Waals surface area contributed by atoms with Gasteiger partial charge >= 0.3 is 0 Å². The van der Waals surface area contributed by atoms with Crippen LogP contribution in [-0.4, -0.2) is 50.2 Å². The average molecular weight is 234 g/mol. The number of nitrogens with zero attached hydrogens (tertiary/aromatic N) is 3. The van der Waals surface area contributed by atoms with Crippen molar-refractivity contribution in [3.05, 3.63) is 24.0 Å². The lowest BCUT2D eigenvalue weighted by Gasteiger charge is -2.23. The highest BCUT2D eigenvalue weighted by Crippen LogP contribution is 2.16. The zero-order valence-electron chi connectivity index (χ0n) is 10.8. The van der Waals surface area contributed by atoms with Gasteiger partial charge in [0.15, 0.2) is 0 Å². The Bertz CT molecular complexity index is 353. The fraction of sp³-hybridized carbons (Fsp3) is 0.615. The molecule has 0 amide bonds. The smallest absolute Gasteiger partial charge is 0.0562 e. The molecular weight excluding hydrogens is 212 g/mol. The van der Waals surface area contributed by atoms with Crippen molar-refractivity contribution in [2.75, 3.05) is 45.2 Å². The van der Waals surface area contributed by atoms with E-state index in [-0.39, 0.29) is 0 Å². The van der Waals surface area contributed by atoms with Crippen molar-refractivity contribution in [2.45, 2.75) is 13.0 Å². The van der Waals surface area contributed by atoms with Crippen molar-refractivity contribution in [2.24, 2.45) is 0 Å². The van der Waals surface area contributed by atoms with E-state index in [4.69, 9.17) is 0 Å². The van der Waals surface area contributed by atoms with E-state index in [1.54, 1.807) is 0 Å². The van der Waals surface area contributed by atoms with Crippen LogP contribution in [0.25, 0.3) is 0 Å². The van der Waals surface area contributed by atoms with Crippen molar-refractivity contribution >= 4 is 5.69 Å². The normalized spacial score (nSPS) is 18.1. The summed E-state index contributed by atoms with van der Waals surface area (Å²) < 4.78 is 0. The zero-order chi connectivity index (χ0) is 12.1. The number of likely N-dealkylation sites (N-methyl/N-ethyl adjacent to an activating group) is 1. The van der Waals surface area contributed by atoms with Crippen molar-refractivity contribution in [1.82, 2.24) is 15.2 Å². The summed E-state index contributed by atoms with van der Waals surface area (Å²) in [5, 5.41) is 3.14. The lowest BCUT2D eigenvalue weighted by molar-refractivity contribution is 0.360. The topological polar surface area (TPSA) is 31.4 Å². The van der Waals surface area contributed by atoms with Crippen LogP contribution < -0.4 is 10.2 Å². The SMILES string of the molecule is CNCc1cc(N2CCCN(C)CC2)ccn1. The van der Waals surface area contributed by atoms with Crippen molar-refractivity contribution < 1.29 is 0 Å². The van der Waals surface area contributed by atoms with Crippen LogP contribution in [0, 0.1) is 0 Å². The van der Waals surface area contributed by atoms with E-state index in [1.165, 1.54) is 18.7 Å². The first kappa shape index (κ1) is 12.3. The Labute approximate surface area is 104 Å². The number of hydrogen-bond acceptors (Lipinski definition) is 4. The Hall–Kier alpha value is -1.13. The van der Waals surface area contributed by atoms with Crippen LogP contribution in [-0.2, 0) is 6.54 Å². The van der Waals surface area contributed by atoms with Gasteiger partial charge in [-0.15, -0.1) is 0 Å². The summed E-state index contributed by atoms with van der Waals surface area (Å²) in [4.78, 5) is 9.22. The van der Waals surface area contributed by atoms with E-state index < -0.39 is 0 Å². The maximum Gasteiger partial charge on any atom is 0.0562 e. The summed E-state index contributed by atoms with van der Waals surface area (Å²) in [5.74, 6) is 0. The van der Waals surface area contributed by atoms with Gasteiger partial charge in [-0.05, 0) is 39.2 Å². The molecule has 94 valence electrons. The second-order valence-corrected chi connectivity index (χ2v) is 4.68. The fourth-order valence-electron chi connectivity index (χ4n) is 2.24. The third-order valence-electron chi connectivity index (χ3n) is 3.24. The summed E-state index contributed by atoms with van der Waals surface area (Å²) in [6.07, 6.45) is 3.15. The highest BCUT2D eigenvalue weighted by Gasteiger charge is 2.12. The molecule has 1 N–H and O–H groups in total. The standard InChI is InChI=1S/C13H22N4/c1-14-11-12-10-13(4-5-15-12)17-7-3-6-16(2)8-9-17/h4-5,10,14H,3,6-9,11H2,1-2H3. The van der Waals surface area contributed by atoms with Gasteiger partial charge in [0.05, 0.1) is 5.69 Å². The first-order valence-electron chi connectivity index (χ1n) is 6.32. The maximum absolute atomic E-state index is 4.36. The van der Waals surface area contributed by atoms with E-state index in [2.05, 4.69) is 39.3 Å². The van der Waals surface area contributed by atoms with Crippen LogP contribution in [0.5, 0.6) is 0 Å². The first-order valence-corrected chi connectivity index (χ1v) is 6.32. The minimum Gasteiger partial charge on any atom is -0.370 e. The average Bonchev–Trinajstić information content (AvgIpc) is 2.55. The number of pyridine rings is 1. The van der Waals surface area contributed by atoms with Crippen LogP contribution in [0.2, 0.25) is 0 Å². The first-order chi connectivity index (χ1) is 8.29. The predicted octanol–water partition coefficient (Wildman–Crippen LogP) is 0.943. The molecule has 1 aliphatic heterocycles. The predicted molar refractivity (Wildman–Crippen MR) is 71.3 cm³/mol. The van der Waals surface area contributed by atoms with E-state index in [9.17, 15) is 0 Å². The fourth-order valence-corrected chi connectivity index (χ4v) is 2.24. The van der Waals surface area contributed by atoms with E-state index in [1.807, 2.05) is 13.2 Å². The molecule has 1 saturated heterocycles. The molecule has 0 spiro atoms. The zero-order valence-corrected chi connectivity index (χ0v) is 10.8. The monoisotopic (exact) mass is 234 g/mol. The van der Waals surface area contributed by atoms with Gasteiger partial charge < -0.3 is 15.1 Å². The summed E-state index contributed by atoms with van der Waals surface area (Å²) >= 11 is 0. The van der Waals surface area contributed by atoms with E-state index in [0.29, 0.717) is 0 Å². The van der Waals surface area contributed by atoms with Gasteiger partial charge in [0.2, 0.25) is 0 Å². The molecule has 0 saturated carbocycles. The highest BCUT2D eigenvalue weighted by atomic mass is 15.2. The largest absolute Gasteiger partial charge is 0.370 e. The Kier molecular flexibility index (Phi) is 4.34. The number of anilines is 1. The molecule has 2 heterocycles. The third kappa shape index (κ3) is 3.41. The van der Waals surface area contributed by atoms with Gasteiger partial charge in [0.25, 0.3) is 0 Å². The molecule has 2 rings (SSSR count). The molecule has 0 bridgehead atoms. The molecule has 17 heavy (non-hydrogen) atoms. The summed E-state index contributed by atoms with van der Waals surface area (Å²) in [5.41, 5.74) is 2.42. The second kappa shape index (κ2) is 5.98. The van der Waals surface area contributed by atoms with Gasteiger partial charge in [-0.2, -0.15) is 0 Å². The highest BCUT2D eigenvalue weighted by molar-refractivity contribution is 5.46. The van der Waals surface area contributed by atoms with Crippen LogP contribution in [0.15, 0.2) is 18.3 Å². The second-order valence-electron chi connectivity index (χ2n) is 4.68. The van der Waals surface area contributed by atoms with Crippen LogP contribution in [0.4, 0.5) is 5.69 Å². The van der Waals surface area contributed by atoms with Gasteiger partial charge in [-0.1, -0.05) is 0 Å². The molecular formula is C13H22N4. The lowest BCUT2D eigenvalue weighted by Crippen LogP contribution is -2.28. The minimum atomic E-state index is 0.835. The molecule has 4 heteroatoms. The van der Waals surface area contributed by atoms with Gasteiger partial charge in [0.1, 0.15) is 0 Å². The van der Waals surface area contributed by atoms with E-state index in [0.717, 1.165) is 31.9 Å².